The molecule has 0 radical (unpaired) electrons. The molecule has 1 heteroatoms. The molecule has 0 aliphatic heterocycles. The minimum absolute atomic E-state index is 0.514. The van der Waals surface area contributed by atoms with Crippen LogP contribution in [-0.4, -0.2) is 23.5 Å². The first kappa shape index (κ1) is 11.0. The zero-order valence-electron chi connectivity index (χ0n) is 9.60. The molecular formula is C12H25N. The van der Waals surface area contributed by atoms with Gasteiger partial charge in [0.15, 0.2) is 0 Å². The summed E-state index contributed by atoms with van der Waals surface area (Å²) in [6.07, 6.45) is 8.61. The quantitative estimate of drug-likeness (QED) is 0.606. The lowest BCUT2D eigenvalue weighted by Gasteiger charge is -2.40. The summed E-state index contributed by atoms with van der Waals surface area (Å²) in [5, 5.41) is 0. The van der Waals surface area contributed by atoms with E-state index < -0.39 is 0 Å². The van der Waals surface area contributed by atoms with E-state index in [1.165, 1.54) is 51.6 Å². The molecule has 1 nitrogen and oxygen atoms in total. The lowest BCUT2D eigenvalue weighted by Crippen LogP contribution is -2.45. The van der Waals surface area contributed by atoms with E-state index in [0.29, 0.717) is 5.54 Å². The summed E-state index contributed by atoms with van der Waals surface area (Å²) in [6.45, 7) is 9.48. The number of hydrogen-bond donors (Lipinski definition) is 0. The third-order valence-electron chi connectivity index (χ3n) is 3.71. The first-order valence-electron chi connectivity index (χ1n) is 5.98. The Bertz CT molecular complexity index is 130. The molecule has 1 fully saturated rings. The Kier molecular flexibility index (Phi) is 4.24. The van der Waals surface area contributed by atoms with Gasteiger partial charge in [-0.25, -0.2) is 0 Å². The van der Waals surface area contributed by atoms with Crippen molar-refractivity contribution in [2.75, 3.05) is 13.1 Å². The maximum absolute atomic E-state index is 2.65. The number of rotatable bonds is 3. The first-order valence-corrected chi connectivity index (χ1v) is 5.98. The third-order valence-corrected chi connectivity index (χ3v) is 3.71. The van der Waals surface area contributed by atoms with Crippen molar-refractivity contribution in [2.45, 2.75) is 64.8 Å². The lowest BCUT2D eigenvalue weighted by molar-refractivity contribution is 0.0999. The third kappa shape index (κ3) is 2.70. The summed E-state index contributed by atoms with van der Waals surface area (Å²) in [5.74, 6) is 0. The second-order valence-electron chi connectivity index (χ2n) is 4.58. The topological polar surface area (TPSA) is 3.24 Å². The molecule has 0 spiro atoms. The molecule has 13 heavy (non-hydrogen) atoms. The highest BCUT2D eigenvalue weighted by Crippen LogP contribution is 2.31. The van der Waals surface area contributed by atoms with Crippen LogP contribution in [0.2, 0.25) is 0 Å². The van der Waals surface area contributed by atoms with Gasteiger partial charge in [0.2, 0.25) is 0 Å². The van der Waals surface area contributed by atoms with Crippen molar-refractivity contribution < 1.29 is 0 Å². The smallest absolute Gasteiger partial charge is 0.0181 e. The van der Waals surface area contributed by atoms with Crippen LogP contribution in [0.1, 0.15) is 59.3 Å². The fraction of sp³-hybridized carbons (Fsp3) is 1.00. The molecule has 78 valence electrons. The minimum Gasteiger partial charge on any atom is -0.298 e. The van der Waals surface area contributed by atoms with E-state index in [1.807, 2.05) is 0 Å². The SMILES string of the molecule is CCN(CC)C1(C)CCCCCC1. The summed E-state index contributed by atoms with van der Waals surface area (Å²) >= 11 is 0. The highest BCUT2D eigenvalue weighted by molar-refractivity contribution is 4.86. The Labute approximate surface area is 83.5 Å². The second kappa shape index (κ2) is 4.99. The molecule has 1 aliphatic rings. The van der Waals surface area contributed by atoms with Crippen molar-refractivity contribution in [3.05, 3.63) is 0 Å². The fourth-order valence-corrected chi connectivity index (χ4v) is 2.79. The molecule has 0 aromatic rings. The molecule has 1 saturated carbocycles. The largest absolute Gasteiger partial charge is 0.298 e. The van der Waals surface area contributed by atoms with Gasteiger partial charge in [-0.2, -0.15) is 0 Å². The van der Waals surface area contributed by atoms with Crippen molar-refractivity contribution in [1.82, 2.24) is 4.90 Å². The van der Waals surface area contributed by atoms with Gasteiger partial charge in [-0.3, -0.25) is 4.90 Å². The van der Waals surface area contributed by atoms with Crippen LogP contribution in [0, 0.1) is 0 Å². The molecule has 0 aromatic carbocycles. The lowest BCUT2D eigenvalue weighted by atomic mass is 9.90. The van der Waals surface area contributed by atoms with E-state index in [0.717, 1.165) is 0 Å². The van der Waals surface area contributed by atoms with E-state index in [1.54, 1.807) is 0 Å². The van der Waals surface area contributed by atoms with E-state index in [9.17, 15) is 0 Å². The Morgan fingerprint density at radius 3 is 1.77 bits per heavy atom. The van der Waals surface area contributed by atoms with Gasteiger partial charge in [-0.05, 0) is 32.9 Å². The average molecular weight is 183 g/mol. The predicted octanol–water partition coefficient (Wildman–Crippen LogP) is 3.44. The van der Waals surface area contributed by atoms with E-state index in [2.05, 4.69) is 25.7 Å². The Morgan fingerprint density at radius 1 is 0.923 bits per heavy atom. The van der Waals surface area contributed by atoms with Gasteiger partial charge < -0.3 is 0 Å². The van der Waals surface area contributed by atoms with Crippen molar-refractivity contribution in [3.63, 3.8) is 0 Å². The molecule has 1 rings (SSSR count). The van der Waals surface area contributed by atoms with Crippen LogP contribution in [0.3, 0.4) is 0 Å². The van der Waals surface area contributed by atoms with Crippen LogP contribution in [-0.2, 0) is 0 Å². The van der Waals surface area contributed by atoms with Crippen molar-refractivity contribution in [3.8, 4) is 0 Å². The van der Waals surface area contributed by atoms with Crippen molar-refractivity contribution >= 4 is 0 Å². The number of nitrogens with zero attached hydrogens (tertiary/aromatic N) is 1. The molecule has 0 aromatic heterocycles. The molecule has 0 atom stereocenters. The molecule has 0 unspecified atom stereocenters. The summed E-state index contributed by atoms with van der Waals surface area (Å²) in [6, 6.07) is 0. The van der Waals surface area contributed by atoms with Gasteiger partial charge >= 0.3 is 0 Å². The zero-order valence-corrected chi connectivity index (χ0v) is 9.60. The van der Waals surface area contributed by atoms with Crippen LogP contribution in [0.4, 0.5) is 0 Å². The monoisotopic (exact) mass is 183 g/mol. The van der Waals surface area contributed by atoms with Crippen molar-refractivity contribution in [2.24, 2.45) is 0 Å². The molecule has 0 heterocycles. The second-order valence-corrected chi connectivity index (χ2v) is 4.58. The molecule has 0 amide bonds. The summed E-state index contributed by atoms with van der Waals surface area (Å²) < 4.78 is 0. The minimum atomic E-state index is 0.514. The Morgan fingerprint density at radius 2 is 1.38 bits per heavy atom. The van der Waals surface area contributed by atoms with Gasteiger partial charge in [-0.15, -0.1) is 0 Å². The van der Waals surface area contributed by atoms with Crippen LogP contribution in [0.5, 0.6) is 0 Å². The highest BCUT2D eigenvalue weighted by Gasteiger charge is 2.29. The summed E-state index contributed by atoms with van der Waals surface area (Å²) in [5.41, 5.74) is 0.514. The van der Waals surface area contributed by atoms with Gasteiger partial charge in [0.05, 0.1) is 0 Å². The first-order chi connectivity index (χ1) is 6.23. The van der Waals surface area contributed by atoms with Gasteiger partial charge in [0.1, 0.15) is 0 Å². The number of hydrogen-bond acceptors (Lipinski definition) is 1. The zero-order chi connectivity index (χ0) is 9.73. The highest BCUT2D eigenvalue weighted by atomic mass is 15.2. The van der Waals surface area contributed by atoms with Gasteiger partial charge in [0.25, 0.3) is 0 Å². The Balaban J connectivity index is 2.58. The molecule has 0 bridgehead atoms. The normalized spacial score (nSPS) is 23.1. The molecule has 0 N–H and O–H groups in total. The van der Waals surface area contributed by atoms with Crippen LogP contribution in [0.25, 0.3) is 0 Å². The van der Waals surface area contributed by atoms with Crippen molar-refractivity contribution in [1.29, 1.82) is 0 Å². The predicted molar refractivity (Wildman–Crippen MR) is 59.0 cm³/mol. The van der Waals surface area contributed by atoms with Crippen LogP contribution in [0.15, 0.2) is 0 Å². The standard InChI is InChI=1S/C12H25N/c1-4-13(5-2)12(3)10-8-6-7-9-11-12/h4-11H2,1-3H3. The maximum Gasteiger partial charge on any atom is 0.0181 e. The van der Waals surface area contributed by atoms with E-state index >= 15 is 0 Å². The van der Waals surface area contributed by atoms with Gasteiger partial charge in [-0.1, -0.05) is 39.5 Å². The van der Waals surface area contributed by atoms with Crippen LogP contribution >= 0.6 is 0 Å². The van der Waals surface area contributed by atoms with E-state index in [-0.39, 0.29) is 0 Å². The maximum atomic E-state index is 2.65. The molecule has 0 saturated heterocycles. The van der Waals surface area contributed by atoms with Gasteiger partial charge in [0, 0.05) is 5.54 Å². The fourth-order valence-electron chi connectivity index (χ4n) is 2.79. The molecular weight excluding hydrogens is 158 g/mol. The Hall–Kier alpha value is -0.0400. The summed E-state index contributed by atoms with van der Waals surface area (Å²) in [7, 11) is 0. The summed E-state index contributed by atoms with van der Waals surface area (Å²) in [4.78, 5) is 2.65. The average Bonchev–Trinajstić information content (AvgIpc) is 2.33. The van der Waals surface area contributed by atoms with E-state index in [4.69, 9.17) is 0 Å². The molecule has 1 aliphatic carbocycles. The van der Waals surface area contributed by atoms with Crippen LogP contribution < -0.4 is 0 Å².